The topological polar surface area (TPSA) is 79.5 Å². The first-order valence-electron chi connectivity index (χ1n) is 7.15. The van der Waals surface area contributed by atoms with Crippen LogP contribution in [0, 0.1) is 0 Å². The van der Waals surface area contributed by atoms with Gasteiger partial charge in [0.15, 0.2) is 11.5 Å². The van der Waals surface area contributed by atoms with Crippen LogP contribution < -0.4 is 5.32 Å². The summed E-state index contributed by atoms with van der Waals surface area (Å²) in [6, 6.07) is 7.29. The highest BCUT2D eigenvalue weighted by Crippen LogP contribution is 2.28. The first-order valence-corrected chi connectivity index (χ1v) is 7.15. The van der Waals surface area contributed by atoms with E-state index in [2.05, 4.69) is 15.3 Å². The van der Waals surface area contributed by atoms with Crippen molar-refractivity contribution in [3.05, 3.63) is 48.4 Å². The van der Waals surface area contributed by atoms with Crippen molar-refractivity contribution in [3.63, 3.8) is 0 Å². The molecule has 1 aromatic carbocycles. The van der Waals surface area contributed by atoms with Gasteiger partial charge in [-0.05, 0) is 25.0 Å². The second-order valence-electron chi connectivity index (χ2n) is 5.41. The summed E-state index contributed by atoms with van der Waals surface area (Å²) in [6.07, 6.45) is 7.74. The van der Waals surface area contributed by atoms with Crippen molar-refractivity contribution in [2.24, 2.45) is 0 Å². The van der Waals surface area contributed by atoms with Crippen molar-refractivity contribution in [2.45, 2.75) is 18.9 Å². The molecule has 0 radical (unpaired) electrons. The highest BCUT2D eigenvalue weighted by Gasteiger charge is 2.23. The third-order valence-corrected chi connectivity index (χ3v) is 3.77. The maximum atomic E-state index is 10.9. The molecule has 0 spiro atoms. The molecule has 1 aliphatic rings. The fourth-order valence-corrected chi connectivity index (χ4v) is 2.44. The second kappa shape index (κ2) is 4.84. The molecule has 22 heavy (non-hydrogen) atoms. The average Bonchev–Trinajstić information content (AvgIpc) is 3.24. The van der Waals surface area contributed by atoms with Gasteiger partial charge in [-0.2, -0.15) is 0 Å². The van der Waals surface area contributed by atoms with Crippen molar-refractivity contribution in [1.29, 1.82) is 0 Å². The summed E-state index contributed by atoms with van der Waals surface area (Å²) in [5.74, 6) is -0.136. The van der Waals surface area contributed by atoms with Crippen LogP contribution in [0.5, 0.6) is 0 Å². The number of imidazole rings is 1. The number of carboxylic acid groups (broad SMARTS) is 1. The Balaban J connectivity index is 1.76. The van der Waals surface area contributed by atoms with Crippen molar-refractivity contribution in [1.82, 2.24) is 14.4 Å². The number of hydrogen-bond donors (Lipinski definition) is 2. The smallest absolute Gasteiger partial charge is 0.335 e. The number of fused-ring (bicyclic) bond motifs is 1. The van der Waals surface area contributed by atoms with Gasteiger partial charge in [-0.25, -0.2) is 14.8 Å². The molecule has 0 saturated heterocycles. The molecule has 0 unspecified atom stereocenters. The van der Waals surface area contributed by atoms with E-state index in [0.29, 0.717) is 6.04 Å². The van der Waals surface area contributed by atoms with Gasteiger partial charge in [0.2, 0.25) is 0 Å². The Morgan fingerprint density at radius 3 is 2.68 bits per heavy atom. The summed E-state index contributed by atoms with van der Waals surface area (Å²) < 4.78 is 1.97. The number of rotatable bonds is 4. The molecular formula is C16H14N4O2. The molecule has 3 aromatic rings. The summed E-state index contributed by atoms with van der Waals surface area (Å²) >= 11 is 0. The van der Waals surface area contributed by atoms with Gasteiger partial charge in [0.05, 0.1) is 17.5 Å². The molecule has 2 aromatic heterocycles. The van der Waals surface area contributed by atoms with E-state index in [1.165, 1.54) is 12.8 Å². The Bertz CT molecular complexity index is 850. The normalized spacial score (nSPS) is 14.2. The van der Waals surface area contributed by atoms with Crippen LogP contribution >= 0.6 is 0 Å². The van der Waals surface area contributed by atoms with Gasteiger partial charge in [0, 0.05) is 24.0 Å². The lowest BCUT2D eigenvalue weighted by molar-refractivity contribution is 0.0697. The van der Waals surface area contributed by atoms with Crippen LogP contribution in [0.3, 0.4) is 0 Å². The van der Waals surface area contributed by atoms with Gasteiger partial charge in [0.1, 0.15) is 0 Å². The highest BCUT2D eigenvalue weighted by molar-refractivity contribution is 5.88. The monoisotopic (exact) mass is 294 g/mol. The van der Waals surface area contributed by atoms with Crippen LogP contribution in [0.15, 0.2) is 42.9 Å². The number of anilines is 1. The van der Waals surface area contributed by atoms with Crippen LogP contribution in [-0.4, -0.2) is 31.5 Å². The standard InChI is InChI=1S/C16H14N4O2/c21-16(22)11-3-1-10(2-4-11)13-9-18-15-14(19-12-5-6-12)17-7-8-20(13)15/h1-4,7-9,12H,5-6H2,(H,17,19)(H,21,22). The second-order valence-corrected chi connectivity index (χ2v) is 5.41. The predicted octanol–water partition coefficient (Wildman–Crippen LogP) is 2.67. The Morgan fingerprint density at radius 1 is 1.23 bits per heavy atom. The summed E-state index contributed by atoms with van der Waals surface area (Å²) in [5.41, 5.74) is 2.89. The lowest BCUT2D eigenvalue weighted by atomic mass is 10.1. The predicted molar refractivity (Wildman–Crippen MR) is 82.0 cm³/mol. The Hall–Kier alpha value is -2.89. The average molecular weight is 294 g/mol. The van der Waals surface area contributed by atoms with E-state index >= 15 is 0 Å². The molecule has 1 aliphatic carbocycles. The molecule has 2 heterocycles. The summed E-state index contributed by atoms with van der Waals surface area (Å²) in [5, 5.41) is 12.3. The molecule has 2 N–H and O–H groups in total. The molecule has 0 amide bonds. The van der Waals surface area contributed by atoms with E-state index in [9.17, 15) is 4.79 Å². The molecule has 4 rings (SSSR count). The van der Waals surface area contributed by atoms with Gasteiger partial charge in [-0.3, -0.25) is 4.40 Å². The maximum Gasteiger partial charge on any atom is 0.335 e. The molecule has 6 heteroatoms. The molecule has 1 saturated carbocycles. The van der Waals surface area contributed by atoms with Crippen molar-refractivity contribution in [2.75, 3.05) is 5.32 Å². The Morgan fingerprint density at radius 2 is 2.00 bits per heavy atom. The van der Waals surface area contributed by atoms with E-state index in [0.717, 1.165) is 22.7 Å². The van der Waals surface area contributed by atoms with Crippen LogP contribution in [0.25, 0.3) is 16.9 Å². The number of hydrogen-bond acceptors (Lipinski definition) is 4. The van der Waals surface area contributed by atoms with Crippen LogP contribution in [0.2, 0.25) is 0 Å². The zero-order valence-electron chi connectivity index (χ0n) is 11.7. The van der Waals surface area contributed by atoms with Crippen molar-refractivity contribution >= 4 is 17.4 Å². The maximum absolute atomic E-state index is 10.9. The number of carbonyl (C=O) groups is 1. The SMILES string of the molecule is O=C(O)c1ccc(-c2cnc3c(NC4CC4)nccn23)cc1. The van der Waals surface area contributed by atoms with Crippen molar-refractivity contribution < 1.29 is 9.90 Å². The van der Waals surface area contributed by atoms with Crippen LogP contribution in [0.1, 0.15) is 23.2 Å². The number of aromatic carboxylic acids is 1. The van der Waals surface area contributed by atoms with E-state index in [-0.39, 0.29) is 5.56 Å². The van der Waals surface area contributed by atoms with Crippen LogP contribution in [0.4, 0.5) is 5.82 Å². The quantitative estimate of drug-likeness (QED) is 0.773. The highest BCUT2D eigenvalue weighted by atomic mass is 16.4. The van der Waals surface area contributed by atoms with Gasteiger partial charge in [-0.1, -0.05) is 12.1 Å². The van der Waals surface area contributed by atoms with E-state index in [4.69, 9.17) is 5.11 Å². The van der Waals surface area contributed by atoms with Crippen molar-refractivity contribution in [3.8, 4) is 11.3 Å². The van der Waals surface area contributed by atoms with Gasteiger partial charge in [-0.15, -0.1) is 0 Å². The molecule has 6 nitrogen and oxygen atoms in total. The fourth-order valence-electron chi connectivity index (χ4n) is 2.44. The van der Waals surface area contributed by atoms with E-state index < -0.39 is 5.97 Å². The largest absolute Gasteiger partial charge is 0.478 e. The third kappa shape index (κ3) is 2.18. The summed E-state index contributed by atoms with van der Waals surface area (Å²) in [6.45, 7) is 0. The number of nitrogens with zero attached hydrogens (tertiary/aromatic N) is 3. The lowest BCUT2D eigenvalue weighted by Gasteiger charge is -2.06. The number of carboxylic acids is 1. The third-order valence-electron chi connectivity index (χ3n) is 3.77. The minimum Gasteiger partial charge on any atom is -0.478 e. The lowest BCUT2D eigenvalue weighted by Crippen LogP contribution is -2.05. The Kier molecular flexibility index (Phi) is 2.82. The molecule has 110 valence electrons. The molecule has 1 fully saturated rings. The fraction of sp³-hybridized carbons (Fsp3) is 0.188. The van der Waals surface area contributed by atoms with Crippen LogP contribution in [-0.2, 0) is 0 Å². The van der Waals surface area contributed by atoms with Gasteiger partial charge >= 0.3 is 5.97 Å². The number of aromatic nitrogens is 3. The minimum absolute atomic E-state index is 0.273. The number of nitrogens with one attached hydrogen (secondary N) is 1. The molecule has 0 bridgehead atoms. The van der Waals surface area contributed by atoms with E-state index in [1.54, 1.807) is 36.7 Å². The molecule has 0 aliphatic heterocycles. The zero-order chi connectivity index (χ0) is 15.1. The summed E-state index contributed by atoms with van der Waals surface area (Å²) in [4.78, 5) is 19.7. The minimum atomic E-state index is -0.926. The first kappa shape index (κ1) is 12.8. The summed E-state index contributed by atoms with van der Waals surface area (Å²) in [7, 11) is 0. The zero-order valence-corrected chi connectivity index (χ0v) is 11.7. The number of benzene rings is 1. The Labute approximate surface area is 126 Å². The van der Waals surface area contributed by atoms with Gasteiger partial charge in [0.25, 0.3) is 0 Å². The van der Waals surface area contributed by atoms with E-state index in [1.807, 2.05) is 10.6 Å². The first-order chi connectivity index (χ1) is 10.7. The molecule has 0 atom stereocenters. The molecular weight excluding hydrogens is 280 g/mol. The van der Waals surface area contributed by atoms with Gasteiger partial charge < -0.3 is 10.4 Å².